The molecule has 0 bridgehead atoms. The van der Waals surface area contributed by atoms with Crippen LogP contribution >= 0.6 is 0 Å². The van der Waals surface area contributed by atoms with Gasteiger partial charge in [0.1, 0.15) is 0 Å². The van der Waals surface area contributed by atoms with Gasteiger partial charge in [-0.2, -0.15) is 0 Å². The first-order valence-corrected chi connectivity index (χ1v) is 5.63. The van der Waals surface area contributed by atoms with Gasteiger partial charge in [0.15, 0.2) is 0 Å². The fraction of sp³-hybridized carbons (Fsp3) is 0.333. The molecule has 0 unspecified atom stereocenters. The third kappa shape index (κ3) is 4.06. The molecule has 0 fully saturated rings. The molecule has 1 aromatic rings. The van der Waals surface area contributed by atoms with Crippen molar-refractivity contribution in [2.24, 2.45) is 17.4 Å². The molecule has 98 valence electrons. The molecule has 0 aliphatic heterocycles. The molecule has 6 N–H and O–H groups in total. The molecule has 0 radical (unpaired) electrons. The van der Waals surface area contributed by atoms with Crippen LogP contribution in [0.15, 0.2) is 24.3 Å². The lowest BCUT2D eigenvalue weighted by atomic mass is 10.0. The van der Waals surface area contributed by atoms with E-state index in [0.29, 0.717) is 11.4 Å². The smallest absolute Gasteiger partial charge is 0.316 e. The fourth-order valence-electron chi connectivity index (χ4n) is 1.35. The summed E-state index contributed by atoms with van der Waals surface area (Å²) in [6.45, 7) is 3.74. The van der Waals surface area contributed by atoms with Crippen LogP contribution in [0, 0.1) is 5.92 Å². The summed E-state index contributed by atoms with van der Waals surface area (Å²) in [6, 6.07) is 5.45. The van der Waals surface area contributed by atoms with E-state index in [4.69, 9.17) is 11.5 Å². The minimum absolute atomic E-state index is 0.0527. The largest absolute Gasteiger partial charge is 0.351 e. The standard InChI is InChI=1S/C12H18N4O2/c1-7(2)10(13)11(17)15-8-4-3-5-9(6-8)16-12(14)18/h3-7,10H,13H2,1-2H3,(H,15,17)(H3,14,16,18)/t10-/m1/s1. The number of hydrogen-bond donors (Lipinski definition) is 4. The Morgan fingerprint density at radius 3 is 2.22 bits per heavy atom. The van der Waals surface area contributed by atoms with E-state index in [1.54, 1.807) is 24.3 Å². The summed E-state index contributed by atoms with van der Waals surface area (Å²) in [5, 5.41) is 5.11. The molecule has 18 heavy (non-hydrogen) atoms. The topological polar surface area (TPSA) is 110 Å². The van der Waals surface area contributed by atoms with Gasteiger partial charge in [-0.25, -0.2) is 4.79 Å². The van der Waals surface area contributed by atoms with E-state index in [1.807, 2.05) is 13.8 Å². The van der Waals surface area contributed by atoms with Crippen LogP contribution in [0.5, 0.6) is 0 Å². The van der Waals surface area contributed by atoms with Gasteiger partial charge in [-0.15, -0.1) is 0 Å². The normalized spacial score (nSPS) is 12.0. The van der Waals surface area contributed by atoms with Gasteiger partial charge in [0.25, 0.3) is 0 Å². The van der Waals surface area contributed by atoms with Gasteiger partial charge in [0.05, 0.1) is 6.04 Å². The molecular weight excluding hydrogens is 232 g/mol. The highest BCUT2D eigenvalue weighted by Crippen LogP contribution is 2.15. The second-order valence-electron chi connectivity index (χ2n) is 4.33. The highest BCUT2D eigenvalue weighted by atomic mass is 16.2. The lowest BCUT2D eigenvalue weighted by molar-refractivity contribution is -0.118. The van der Waals surface area contributed by atoms with Crippen LogP contribution in [-0.2, 0) is 4.79 Å². The number of rotatable bonds is 4. The number of carbonyl (C=O) groups excluding carboxylic acids is 2. The molecular formula is C12H18N4O2. The Balaban J connectivity index is 2.73. The molecule has 3 amide bonds. The summed E-state index contributed by atoms with van der Waals surface area (Å²) < 4.78 is 0. The average molecular weight is 250 g/mol. The highest BCUT2D eigenvalue weighted by Gasteiger charge is 2.17. The van der Waals surface area contributed by atoms with Crippen molar-refractivity contribution in [1.82, 2.24) is 0 Å². The third-order valence-corrected chi connectivity index (χ3v) is 2.42. The van der Waals surface area contributed by atoms with Crippen molar-refractivity contribution in [1.29, 1.82) is 0 Å². The van der Waals surface area contributed by atoms with E-state index in [1.165, 1.54) is 0 Å². The Kier molecular flexibility index (Phi) is 4.67. The number of primary amides is 1. The summed E-state index contributed by atoms with van der Waals surface area (Å²) in [4.78, 5) is 22.4. The van der Waals surface area contributed by atoms with Gasteiger partial charge in [-0.05, 0) is 24.1 Å². The highest BCUT2D eigenvalue weighted by molar-refractivity contribution is 5.96. The lowest BCUT2D eigenvalue weighted by Gasteiger charge is -2.15. The maximum absolute atomic E-state index is 11.7. The molecule has 1 aromatic carbocycles. The van der Waals surface area contributed by atoms with E-state index >= 15 is 0 Å². The van der Waals surface area contributed by atoms with Crippen molar-refractivity contribution in [2.45, 2.75) is 19.9 Å². The minimum Gasteiger partial charge on any atom is -0.351 e. The second kappa shape index (κ2) is 6.02. The first-order valence-electron chi connectivity index (χ1n) is 5.63. The number of urea groups is 1. The summed E-state index contributed by atoms with van der Waals surface area (Å²) >= 11 is 0. The third-order valence-electron chi connectivity index (χ3n) is 2.42. The maximum Gasteiger partial charge on any atom is 0.316 e. The van der Waals surface area contributed by atoms with Crippen LogP contribution in [0.3, 0.4) is 0 Å². The van der Waals surface area contributed by atoms with Crippen molar-refractivity contribution in [3.05, 3.63) is 24.3 Å². The van der Waals surface area contributed by atoms with E-state index in [0.717, 1.165) is 0 Å². The average Bonchev–Trinajstić information content (AvgIpc) is 2.27. The van der Waals surface area contributed by atoms with Gasteiger partial charge >= 0.3 is 6.03 Å². The van der Waals surface area contributed by atoms with Crippen LogP contribution in [-0.4, -0.2) is 18.0 Å². The van der Waals surface area contributed by atoms with Crippen molar-refractivity contribution in [3.8, 4) is 0 Å². The molecule has 6 nitrogen and oxygen atoms in total. The van der Waals surface area contributed by atoms with Gasteiger partial charge in [-0.3, -0.25) is 4.79 Å². The van der Waals surface area contributed by atoms with Crippen molar-refractivity contribution in [3.63, 3.8) is 0 Å². The molecule has 0 heterocycles. The number of hydrogen-bond acceptors (Lipinski definition) is 3. The predicted octanol–water partition coefficient (Wildman–Crippen LogP) is 1.10. The molecule has 0 aliphatic rings. The van der Waals surface area contributed by atoms with E-state index in [9.17, 15) is 9.59 Å². The second-order valence-corrected chi connectivity index (χ2v) is 4.33. The van der Waals surface area contributed by atoms with Crippen LogP contribution in [0.4, 0.5) is 16.2 Å². The number of carbonyl (C=O) groups is 2. The Morgan fingerprint density at radius 2 is 1.72 bits per heavy atom. The van der Waals surface area contributed by atoms with Gasteiger partial charge in [0.2, 0.25) is 5.91 Å². The SMILES string of the molecule is CC(C)[C@@H](N)C(=O)Nc1cccc(NC(N)=O)c1. The number of nitrogens with two attached hydrogens (primary N) is 2. The zero-order chi connectivity index (χ0) is 13.7. The first-order chi connectivity index (χ1) is 8.40. The molecule has 1 atom stereocenters. The zero-order valence-electron chi connectivity index (χ0n) is 10.4. The predicted molar refractivity (Wildman–Crippen MR) is 71.1 cm³/mol. The Hall–Kier alpha value is -2.08. The van der Waals surface area contributed by atoms with Crippen molar-refractivity contribution >= 4 is 23.3 Å². The van der Waals surface area contributed by atoms with E-state index < -0.39 is 12.1 Å². The lowest BCUT2D eigenvalue weighted by Crippen LogP contribution is -2.39. The Labute approximate surface area is 106 Å². The zero-order valence-corrected chi connectivity index (χ0v) is 10.4. The minimum atomic E-state index is -0.655. The summed E-state index contributed by atoms with van der Waals surface area (Å²) in [6.07, 6.45) is 0. The van der Waals surface area contributed by atoms with Gasteiger partial charge in [0, 0.05) is 11.4 Å². The quantitative estimate of drug-likeness (QED) is 0.642. The van der Waals surface area contributed by atoms with Crippen LogP contribution in [0.25, 0.3) is 0 Å². The molecule has 0 saturated carbocycles. The molecule has 0 spiro atoms. The number of anilines is 2. The van der Waals surface area contributed by atoms with E-state index in [2.05, 4.69) is 10.6 Å². The Morgan fingerprint density at radius 1 is 1.17 bits per heavy atom. The molecule has 0 saturated heterocycles. The van der Waals surface area contributed by atoms with E-state index in [-0.39, 0.29) is 11.8 Å². The van der Waals surface area contributed by atoms with Crippen LogP contribution in [0.1, 0.15) is 13.8 Å². The number of benzene rings is 1. The van der Waals surface area contributed by atoms with Gasteiger partial charge < -0.3 is 22.1 Å². The Bertz CT molecular complexity index is 445. The van der Waals surface area contributed by atoms with Crippen LogP contribution in [0.2, 0.25) is 0 Å². The molecule has 1 rings (SSSR count). The molecule has 0 aromatic heterocycles. The van der Waals surface area contributed by atoms with Crippen LogP contribution < -0.4 is 22.1 Å². The number of nitrogens with one attached hydrogen (secondary N) is 2. The monoisotopic (exact) mass is 250 g/mol. The maximum atomic E-state index is 11.7. The molecule has 6 heteroatoms. The van der Waals surface area contributed by atoms with Crippen molar-refractivity contribution in [2.75, 3.05) is 10.6 Å². The molecule has 0 aliphatic carbocycles. The summed E-state index contributed by atoms with van der Waals surface area (Å²) in [5.74, 6) is -0.210. The summed E-state index contributed by atoms with van der Waals surface area (Å²) in [5.41, 5.74) is 11.8. The fourth-order valence-corrected chi connectivity index (χ4v) is 1.35. The summed E-state index contributed by atoms with van der Waals surface area (Å²) in [7, 11) is 0. The first kappa shape index (κ1) is 14.0. The van der Waals surface area contributed by atoms with Crippen molar-refractivity contribution < 1.29 is 9.59 Å². The number of amides is 3. The van der Waals surface area contributed by atoms with Gasteiger partial charge in [-0.1, -0.05) is 19.9 Å².